The maximum atomic E-state index is 11.2. The summed E-state index contributed by atoms with van der Waals surface area (Å²) < 4.78 is 9.85. The number of thiol groups is 2. The third-order valence-electron chi connectivity index (χ3n) is 2.72. The zero-order valence-corrected chi connectivity index (χ0v) is 13.8. The van der Waals surface area contributed by atoms with Crippen molar-refractivity contribution in [2.75, 3.05) is 24.7 Å². The summed E-state index contributed by atoms with van der Waals surface area (Å²) in [5.74, 6) is 0.876. The third kappa shape index (κ3) is 14.1. The molecule has 0 atom stereocenters. The van der Waals surface area contributed by atoms with Gasteiger partial charge in [0.05, 0.1) is 0 Å². The second-order valence-electron chi connectivity index (χ2n) is 4.51. The maximum absolute atomic E-state index is 11.2. The first-order chi connectivity index (χ1) is 9.70. The SMILES string of the molecule is O=C(CCCCCCCCC(=O)OCCS)OCCS. The van der Waals surface area contributed by atoms with Crippen LogP contribution in [0.3, 0.4) is 0 Å². The van der Waals surface area contributed by atoms with Gasteiger partial charge in [-0.15, -0.1) is 0 Å². The lowest BCUT2D eigenvalue weighted by Crippen LogP contribution is -2.06. The molecule has 0 aromatic rings. The molecule has 0 saturated carbocycles. The second-order valence-corrected chi connectivity index (χ2v) is 5.40. The fourth-order valence-electron chi connectivity index (χ4n) is 1.71. The molecule has 4 nitrogen and oxygen atoms in total. The largest absolute Gasteiger partial charge is 0.465 e. The van der Waals surface area contributed by atoms with Gasteiger partial charge in [-0.25, -0.2) is 0 Å². The Balaban J connectivity index is 3.20. The molecule has 0 aliphatic heterocycles. The Bertz CT molecular complexity index is 234. The molecule has 0 aromatic heterocycles. The Hall–Kier alpha value is -0.360. The highest BCUT2D eigenvalue weighted by atomic mass is 32.1. The molecule has 0 fully saturated rings. The molecule has 118 valence electrons. The van der Waals surface area contributed by atoms with Crippen molar-refractivity contribution in [1.82, 2.24) is 0 Å². The Kier molecular flexibility index (Phi) is 14.8. The minimum atomic E-state index is -0.133. The number of unbranched alkanes of at least 4 members (excludes halogenated alkanes) is 5. The molecule has 6 heteroatoms. The van der Waals surface area contributed by atoms with Crippen molar-refractivity contribution in [2.45, 2.75) is 51.4 Å². The molecular weight excluding hydrogens is 296 g/mol. The van der Waals surface area contributed by atoms with Crippen molar-refractivity contribution in [3.63, 3.8) is 0 Å². The van der Waals surface area contributed by atoms with E-state index >= 15 is 0 Å². The van der Waals surface area contributed by atoms with E-state index in [9.17, 15) is 9.59 Å². The van der Waals surface area contributed by atoms with E-state index in [-0.39, 0.29) is 11.9 Å². The van der Waals surface area contributed by atoms with E-state index in [1.54, 1.807) is 0 Å². The van der Waals surface area contributed by atoms with Gasteiger partial charge in [0.15, 0.2) is 0 Å². The van der Waals surface area contributed by atoms with Gasteiger partial charge in [0.1, 0.15) is 13.2 Å². The van der Waals surface area contributed by atoms with Crippen LogP contribution in [-0.4, -0.2) is 36.7 Å². The molecule has 0 heterocycles. The van der Waals surface area contributed by atoms with E-state index in [4.69, 9.17) is 9.47 Å². The number of rotatable bonds is 13. The number of esters is 2. The van der Waals surface area contributed by atoms with Crippen molar-refractivity contribution in [1.29, 1.82) is 0 Å². The lowest BCUT2D eigenvalue weighted by Gasteiger charge is -2.04. The van der Waals surface area contributed by atoms with Crippen LogP contribution in [0.25, 0.3) is 0 Å². The van der Waals surface area contributed by atoms with Crippen LogP contribution in [-0.2, 0) is 19.1 Å². The van der Waals surface area contributed by atoms with E-state index in [1.165, 1.54) is 0 Å². The molecule has 0 rings (SSSR count). The molecule has 0 aromatic carbocycles. The summed E-state index contributed by atoms with van der Waals surface area (Å²) in [5, 5.41) is 0. The molecule has 0 aliphatic rings. The third-order valence-corrected chi connectivity index (χ3v) is 3.09. The van der Waals surface area contributed by atoms with Crippen LogP contribution in [0.5, 0.6) is 0 Å². The first-order valence-electron chi connectivity index (χ1n) is 7.23. The summed E-state index contributed by atoms with van der Waals surface area (Å²) in [4.78, 5) is 22.4. The van der Waals surface area contributed by atoms with Crippen LogP contribution in [0.4, 0.5) is 0 Å². The zero-order chi connectivity index (χ0) is 15.1. The molecule has 0 aliphatic carbocycles. The van der Waals surface area contributed by atoms with Crippen molar-refractivity contribution < 1.29 is 19.1 Å². The fraction of sp³-hybridized carbons (Fsp3) is 0.857. The number of carbonyl (C=O) groups excluding carboxylic acids is 2. The molecular formula is C14H26O4S2. The normalized spacial score (nSPS) is 10.3. The van der Waals surface area contributed by atoms with E-state index < -0.39 is 0 Å². The molecule has 0 saturated heterocycles. The van der Waals surface area contributed by atoms with Crippen LogP contribution in [0.2, 0.25) is 0 Å². The quantitative estimate of drug-likeness (QED) is 0.311. The summed E-state index contributed by atoms with van der Waals surface area (Å²) in [6.07, 6.45) is 6.95. The minimum absolute atomic E-state index is 0.133. The van der Waals surface area contributed by atoms with Gasteiger partial charge in [-0.2, -0.15) is 25.3 Å². The van der Waals surface area contributed by atoms with Gasteiger partial charge in [-0.1, -0.05) is 25.7 Å². The molecule has 0 radical (unpaired) electrons. The fourth-order valence-corrected chi connectivity index (χ4v) is 1.89. The van der Waals surface area contributed by atoms with Crippen molar-refractivity contribution in [3.8, 4) is 0 Å². The number of carbonyl (C=O) groups is 2. The molecule has 20 heavy (non-hydrogen) atoms. The summed E-state index contributed by atoms with van der Waals surface area (Å²) in [6.45, 7) is 0.788. The molecule has 0 N–H and O–H groups in total. The summed E-state index contributed by atoms with van der Waals surface area (Å²) >= 11 is 7.94. The average Bonchev–Trinajstić information content (AvgIpc) is 2.45. The van der Waals surface area contributed by atoms with Gasteiger partial charge >= 0.3 is 11.9 Å². The lowest BCUT2D eigenvalue weighted by molar-refractivity contribution is -0.144. The predicted octanol–water partition coefficient (Wildman–Crippen LogP) is 3.05. The van der Waals surface area contributed by atoms with Gasteiger partial charge in [-0.3, -0.25) is 9.59 Å². The summed E-state index contributed by atoms with van der Waals surface area (Å²) in [5.41, 5.74) is 0. The molecule has 0 spiro atoms. The van der Waals surface area contributed by atoms with Crippen LogP contribution in [0, 0.1) is 0 Å². The molecule has 0 amide bonds. The van der Waals surface area contributed by atoms with Crippen LogP contribution in [0.15, 0.2) is 0 Å². The van der Waals surface area contributed by atoms with Crippen LogP contribution in [0.1, 0.15) is 51.4 Å². The van der Waals surface area contributed by atoms with E-state index in [2.05, 4.69) is 25.3 Å². The average molecular weight is 322 g/mol. The first-order valence-corrected chi connectivity index (χ1v) is 8.50. The molecule has 0 unspecified atom stereocenters. The Morgan fingerprint density at radius 2 is 1.00 bits per heavy atom. The summed E-state index contributed by atoms with van der Waals surface area (Å²) in [6, 6.07) is 0. The smallest absolute Gasteiger partial charge is 0.305 e. The monoisotopic (exact) mass is 322 g/mol. The van der Waals surface area contributed by atoms with Gasteiger partial charge < -0.3 is 9.47 Å². The zero-order valence-electron chi connectivity index (χ0n) is 12.0. The van der Waals surface area contributed by atoms with Crippen molar-refractivity contribution >= 4 is 37.2 Å². The Morgan fingerprint density at radius 1 is 0.650 bits per heavy atom. The van der Waals surface area contributed by atoms with Gasteiger partial charge in [-0.05, 0) is 12.8 Å². The van der Waals surface area contributed by atoms with E-state index in [1.807, 2.05) is 0 Å². The van der Waals surface area contributed by atoms with Crippen molar-refractivity contribution in [2.24, 2.45) is 0 Å². The van der Waals surface area contributed by atoms with Crippen molar-refractivity contribution in [3.05, 3.63) is 0 Å². The highest BCUT2D eigenvalue weighted by Gasteiger charge is 2.03. The highest BCUT2D eigenvalue weighted by molar-refractivity contribution is 7.80. The van der Waals surface area contributed by atoms with Crippen LogP contribution < -0.4 is 0 Å². The second kappa shape index (κ2) is 15.0. The minimum Gasteiger partial charge on any atom is -0.465 e. The van der Waals surface area contributed by atoms with Crippen LogP contribution >= 0.6 is 25.3 Å². The highest BCUT2D eigenvalue weighted by Crippen LogP contribution is 2.09. The van der Waals surface area contributed by atoms with E-state index in [0.717, 1.165) is 38.5 Å². The predicted molar refractivity (Wildman–Crippen MR) is 86.6 cm³/mol. The van der Waals surface area contributed by atoms with Gasteiger partial charge in [0.25, 0.3) is 0 Å². The lowest BCUT2D eigenvalue weighted by atomic mass is 10.1. The van der Waals surface area contributed by atoms with Gasteiger partial charge in [0.2, 0.25) is 0 Å². The Labute approximate surface area is 132 Å². The number of hydrogen-bond acceptors (Lipinski definition) is 6. The van der Waals surface area contributed by atoms with E-state index in [0.29, 0.717) is 37.6 Å². The number of hydrogen-bond donors (Lipinski definition) is 2. The number of ether oxygens (including phenoxy) is 2. The molecule has 0 bridgehead atoms. The topological polar surface area (TPSA) is 52.6 Å². The van der Waals surface area contributed by atoms with Gasteiger partial charge in [0, 0.05) is 24.3 Å². The maximum Gasteiger partial charge on any atom is 0.305 e. The first kappa shape index (κ1) is 19.6. The summed E-state index contributed by atoms with van der Waals surface area (Å²) in [7, 11) is 0. The standard InChI is InChI=1S/C14H26O4S2/c15-13(17-9-11-19)7-5-3-1-2-4-6-8-14(16)18-10-12-20/h19-20H,1-12H2. The Morgan fingerprint density at radius 3 is 1.35 bits per heavy atom.